The summed E-state index contributed by atoms with van der Waals surface area (Å²) in [6.45, 7) is 6.85. The Hall–Kier alpha value is -0.790. The van der Waals surface area contributed by atoms with Crippen molar-refractivity contribution in [1.82, 2.24) is 0 Å². The molecule has 0 aromatic rings. The molecule has 0 heterocycles. The van der Waals surface area contributed by atoms with Crippen LogP contribution in [-0.4, -0.2) is 12.6 Å². The average Bonchev–Trinajstić information content (AvgIpc) is 2.81. The summed E-state index contributed by atoms with van der Waals surface area (Å²) < 4.78 is 5.38. The first-order valence-corrected chi connectivity index (χ1v) is 7.03. The summed E-state index contributed by atoms with van der Waals surface area (Å²) in [6.07, 6.45) is 7.74. The first kappa shape index (κ1) is 12.7. The first-order chi connectivity index (χ1) is 8.16. The van der Waals surface area contributed by atoms with Gasteiger partial charge in [-0.1, -0.05) is 25.5 Å². The molecule has 17 heavy (non-hydrogen) atoms. The second kappa shape index (κ2) is 4.83. The van der Waals surface area contributed by atoms with Crippen LogP contribution in [0.2, 0.25) is 0 Å². The molecule has 2 saturated carbocycles. The highest BCUT2D eigenvalue weighted by atomic mass is 16.5. The van der Waals surface area contributed by atoms with E-state index in [1.807, 2.05) is 6.92 Å². The Labute approximate surface area is 104 Å². The third kappa shape index (κ3) is 1.82. The van der Waals surface area contributed by atoms with E-state index < -0.39 is 0 Å². The van der Waals surface area contributed by atoms with Gasteiger partial charge in [-0.05, 0) is 50.9 Å². The molecule has 2 heteroatoms. The van der Waals surface area contributed by atoms with Gasteiger partial charge in [0.1, 0.15) is 0 Å². The fourth-order valence-electron chi connectivity index (χ4n) is 3.97. The summed E-state index contributed by atoms with van der Waals surface area (Å²) in [4.78, 5) is 12.4. The molecule has 0 aromatic heterocycles. The second-order valence-electron chi connectivity index (χ2n) is 5.49. The number of hydrogen-bond donors (Lipinski definition) is 0. The average molecular weight is 236 g/mol. The van der Waals surface area contributed by atoms with Gasteiger partial charge in [0, 0.05) is 0 Å². The van der Waals surface area contributed by atoms with Gasteiger partial charge < -0.3 is 4.74 Å². The lowest BCUT2D eigenvalue weighted by atomic mass is 9.75. The summed E-state index contributed by atoms with van der Waals surface area (Å²) in [6, 6.07) is 0. The predicted molar refractivity (Wildman–Crippen MR) is 68.6 cm³/mol. The summed E-state index contributed by atoms with van der Waals surface area (Å²) >= 11 is 0. The van der Waals surface area contributed by atoms with Crippen LogP contribution in [0.25, 0.3) is 0 Å². The molecule has 0 N–H and O–H groups in total. The van der Waals surface area contributed by atoms with E-state index in [1.54, 1.807) is 0 Å². The minimum Gasteiger partial charge on any atom is -0.465 e. The van der Waals surface area contributed by atoms with E-state index in [-0.39, 0.29) is 11.4 Å². The van der Waals surface area contributed by atoms with Crippen molar-refractivity contribution >= 4 is 5.97 Å². The Morgan fingerprint density at radius 1 is 1.47 bits per heavy atom. The minimum absolute atomic E-state index is 0.0477. The molecule has 0 bridgehead atoms. The number of rotatable bonds is 3. The van der Waals surface area contributed by atoms with Gasteiger partial charge in [0.15, 0.2) is 0 Å². The van der Waals surface area contributed by atoms with Crippen LogP contribution in [-0.2, 0) is 9.53 Å². The van der Waals surface area contributed by atoms with Crippen LogP contribution < -0.4 is 0 Å². The molecule has 0 aliphatic heterocycles. The molecule has 2 rings (SSSR count). The maximum Gasteiger partial charge on any atom is 0.316 e. The van der Waals surface area contributed by atoms with Crippen LogP contribution in [0.3, 0.4) is 0 Å². The smallest absolute Gasteiger partial charge is 0.316 e. The summed E-state index contributed by atoms with van der Waals surface area (Å²) in [7, 11) is 0. The molecule has 2 fully saturated rings. The van der Waals surface area contributed by atoms with E-state index in [4.69, 9.17) is 4.74 Å². The fraction of sp³-hybridized carbons (Fsp3) is 0.800. The number of carbonyl (C=O) groups excluding carboxylic acids is 1. The molecule has 0 amide bonds. The quantitative estimate of drug-likeness (QED) is 0.551. The number of allylic oxidation sites excluding steroid dienone is 1. The molecule has 2 nitrogen and oxygen atoms in total. The van der Waals surface area contributed by atoms with Crippen molar-refractivity contribution in [2.75, 3.05) is 6.61 Å². The van der Waals surface area contributed by atoms with Crippen molar-refractivity contribution in [3.05, 3.63) is 11.6 Å². The van der Waals surface area contributed by atoms with Crippen LogP contribution in [0, 0.1) is 17.3 Å². The van der Waals surface area contributed by atoms with Crippen molar-refractivity contribution in [2.24, 2.45) is 17.3 Å². The van der Waals surface area contributed by atoms with E-state index in [9.17, 15) is 4.79 Å². The second-order valence-corrected chi connectivity index (χ2v) is 5.49. The van der Waals surface area contributed by atoms with E-state index in [0.29, 0.717) is 18.4 Å². The van der Waals surface area contributed by atoms with Crippen molar-refractivity contribution in [3.63, 3.8) is 0 Å². The van der Waals surface area contributed by atoms with Gasteiger partial charge >= 0.3 is 5.97 Å². The highest BCUT2D eigenvalue weighted by Crippen LogP contribution is 2.60. The van der Waals surface area contributed by atoms with E-state index in [1.165, 1.54) is 18.4 Å². The van der Waals surface area contributed by atoms with E-state index in [2.05, 4.69) is 19.9 Å². The van der Waals surface area contributed by atoms with Crippen LogP contribution in [0.15, 0.2) is 11.6 Å². The van der Waals surface area contributed by atoms with Gasteiger partial charge in [-0.2, -0.15) is 0 Å². The molecule has 0 spiro atoms. The topological polar surface area (TPSA) is 26.3 Å². The number of ether oxygens (including phenoxy) is 1. The Morgan fingerprint density at radius 2 is 2.24 bits per heavy atom. The highest BCUT2D eigenvalue weighted by molar-refractivity contribution is 5.82. The van der Waals surface area contributed by atoms with Crippen LogP contribution in [0.1, 0.15) is 52.9 Å². The number of hydrogen-bond acceptors (Lipinski definition) is 2. The Balaban J connectivity index is 2.35. The molecule has 3 atom stereocenters. The van der Waals surface area contributed by atoms with Crippen LogP contribution in [0.4, 0.5) is 0 Å². The Morgan fingerprint density at radius 3 is 2.88 bits per heavy atom. The van der Waals surface area contributed by atoms with Crippen molar-refractivity contribution in [2.45, 2.75) is 52.9 Å². The van der Waals surface area contributed by atoms with Gasteiger partial charge in [-0.3, -0.25) is 4.79 Å². The molecule has 2 aliphatic rings. The van der Waals surface area contributed by atoms with Gasteiger partial charge in [-0.25, -0.2) is 0 Å². The van der Waals surface area contributed by atoms with Crippen molar-refractivity contribution < 1.29 is 9.53 Å². The molecule has 0 saturated heterocycles. The monoisotopic (exact) mass is 236 g/mol. The predicted octanol–water partition coefficient (Wildman–Crippen LogP) is 3.71. The maximum absolute atomic E-state index is 12.4. The summed E-state index contributed by atoms with van der Waals surface area (Å²) in [5, 5.41) is 0. The highest BCUT2D eigenvalue weighted by Gasteiger charge is 2.58. The summed E-state index contributed by atoms with van der Waals surface area (Å²) in [5.41, 5.74) is 1.12. The lowest BCUT2D eigenvalue weighted by Gasteiger charge is -2.29. The van der Waals surface area contributed by atoms with Gasteiger partial charge in [0.25, 0.3) is 0 Å². The third-order valence-corrected chi connectivity index (χ3v) is 4.70. The molecular weight excluding hydrogens is 212 g/mol. The fourth-order valence-corrected chi connectivity index (χ4v) is 3.97. The van der Waals surface area contributed by atoms with Gasteiger partial charge in [0.05, 0.1) is 12.0 Å². The molecular formula is C15H24O2. The minimum atomic E-state index is -0.245. The lowest BCUT2D eigenvalue weighted by Crippen LogP contribution is -2.35. The SMILES string of the molecule is CC/C=C1\CC[C@H]2[C@H](C)CC[C@@]12C(=O)OCC. The van der Waals surface area contributed by atoms with Crippen LogP contribution >= 0.6 is 0 Å². The third-order valence-electron chi connectivity index (χ3n) is 4.70. The normalized spacial score (nSPS) is 38.4. The van der Waals surface area contributed by atoms with Crippen molar-refractivity contribution in [1.29, 1.82) is 0 Å². The Kier molecular flexibility index (Phi) is 3.60. The zero-order valence-corrected chi connectivity index (χ0v) is 11.3. The number of esters is 1. The number of fused-ring (bicyclic) bond motifs is 1. The Bertz CT molecular complexity index is 332. The molecule has 0 radical (unpaired) electrons. The van der Waals surface area contributed by atoms with E-state index >= 15 is 0 Å². The molecule has 2 aliphatic carbocycles. The lowest BCUT2D eigenvalue weighted by molar-refractivity contribution is -0.154. The molecule has 96 valence electrons. The maximum atomic E-state index is 12.4. The zero-order chi connectivity index (χ0) is 12.5. The zero-order valence-electron chi connectivity index (χ0n) is 11.3. The molecule has 0 aromatic carbocycles. The largest absolute Gasteiger partial charge is 0.465 e. The molecule has 0 unspecified atom stereocenters. The first-order valence-electron chi connectivity index (χ1n) is 7.03. The summed E-state index contributed by atoms with van der Waals surface area (Å²) in [5.74, 6) is 1.24. The van der Waals surface area contributed by atoms with Crippen molar-refractivity contribution in [3.8, 4) is 0 Å². The number of carbonyl (C=O) groups is 1. The standard InChI is InChI=1S/C15H24O2/c1-4-6-12-7-8-13-11(3)9-10-15(12,13)14(16)17-5-2/h6,11,13H,4-5,7-10H2,1-3H3/b12-6+/t11-,13+,15-/m1/s1. The van der Waals surface area contributed by atoms with Gasteiger partial charge in [-0.15, -0.1) is 0 Å². The van der Waals surface area contributed by atoms with E-state index in [0.717, 1.165) is 19.3 Å². The van der Waals surface area contributed by atoms with Crippen LogP contribution in [0.5, 0.6) is 0 Å². The van der Waals surface area contributed by atoms with Gasteiger partial charge in [0.2, 0.25) is 0 Å².